The van der Waals surface area contributed by atoms with Crippen molar-refractivity contribution in [1.29, 1.82) is 0 Å². The average Bonchev–Trinajstić information content (AvgIpc) is 2.74. The van der Waals surface area contributed by atoms with Crippen molar-refractivity contribution in [3.8, 4) is 5.75 Å². The van der Waals surface area contributed by atoms with Gasteiger partial charge in [0.1, 0.15) is 11.3 Å². The average molecular weight is 388 g/mol. The number of Topliss-reactive ketones (excluding diaryl/α,β-unsaturated/α-hetero) is 1. The number of methoxy groups -OCH3 is 1. The smallest absolute Gasteiger partial charge is 0.261 e. The molecule has 1 amide bonds. The monoisotopic (exact) mass is 388 g/mol. The number of fused-ring (bicyclic) bond motifs is 1. The summed E-state index contributed by atoms with van der Waals surface area (Å²) in [6.07, 6.45) is 0.906. The third-order valence-corrected chi connectivity index (χ3v) is 5.17. The van der Waals surface area contributed by atoms with Gasteiger partial charge in [0, 0.05) is 23.4 Å². The summed E-state index contributed by atoms with van der Waals surface area (Å²) in [5.41, 5.74) is 2.01. The number of hydrogen-bond donors (Lipinski definition) is 2. The number of amides is 1. The largest absolute Gasteiger partial charge is 0.497 e. The zero-order valence-electron chi connectivity index (χ0n) is 15.9. The van der Waals surface area contributed by atoms with E-state index in [1.165, 1.54) is 6.07 Å². The lowest BCUT2D eigenvalue weighted by Gasteiger charge is -2.24. The van der Waals surface area contributed by atoms with Crippen LogP contribution in [0, 0.1) is 0 Å². The van der Waals surface area contributed by atoms with E-state index in [1.54, 1.807) is 31.4 Å². The Labute approximate surface area is 167 Å². The van der Waals surface area contributed by atoms with Crippen LogP contribution in [0.2, 0.25) is 0 Å². The lowest BCUT2D eigenvalue weighted by molar-refractivity contribution is 0.0963. The number of pyridine rings is 1. The van der Waals surface area contributed by atoms with Gasteiger partial charge in [0.05, 0.1) is 7.11 Å². The number of hydrogen-bond acceptors (Lipinski definition) is 4. The maximum Gasteiger partial charge on any atom is 0.261 e. The highest BCUT2D eigenvalue weighted by atomic mass is 16.5. The molecule has 0 saturated carbocycles. The molecule has 6 heteroatoms. The van der Waals surface area contributed by atoms with E-state index in [2.05, 4.69) is 10.3 Å². The Morgan fingerprint density at radius 1 is 1.03 bits per heavy atom. The second kappa shape index (κ2) is 7.75. The fraction of sp³-hybridized carbons (Fsp3) is 0.174. The molecule has 3 aromatic rings. The first-order valence-electron chi connectivity index (χ1n) is 9.35. The predicted octanol–water partition coefficient (Wildman–Crippen LogP) is 3.55. The lowest BCUT2D eigenvalue weighted by Crippen LogP contribution is -2.29. The van der Waals surface area contributed by atoms with E-state index in [1.807, 2.05) is 30.3 Å². The van der Waals surface area contributed by atoms with E-state index in [0.717, 1.165) is 5.56 Å². The minimum absolute atomic E-state index is 0.0193. The number of ketones is 1. The van der Waals surface area contributed by atoms with Crippen LogP contribution < -0.4 is 15.6 Å². The molecular weight excluding hydrogens is 368 g/mol. The van der Waals surface area contributed by atoms with Gasteiger partial charge in [0.2, 0.25) is 0 Å². The summed E-state index contributed by atoms with van der Waals surface area (Å²) in [6.45, 7) is 0. The van der Waals surface area contributed by atoms with Crippen molar-refractivity contribution >= 4 is 17.4 Å². The van der Waals surface area contributed by atoms with E-state index in [-0.39, 0.29) is 17.3 Å². The van der Waals surface area contributed by atoms with Crippen molar-refractivity contribution in [3.05, 3.63) is 93.4 Å². The molecule has 146 valence electrons. The number of rotatable bonds is 4. The quantitative estimate of drug-likeness (QED) is 0.715. The third-order valence-electron chi connectivity index (χ3n) is 5.17. The van der Waals surface area contributed by atoms with Gasteiger partial charge >= 0.3 is 0 Å². The fourth-order valence-corrected chi connectivity index (χ4v) is 3.63. The number of nitrogens with one attached hydrogen (secondary N) is 2. The number of carbonyl (C=O) groups is 2. The van der Waals surface area contributed by atoms with E-state index in [0.29, 0.717) is 35.5 Å². The first-order chi connectivity index (χ1) is 14.0. The third kappa shape index (κ3) is 3.82. The van der Waals surface area contributed by atoms with Crippen molar-refractivity contribution in [2.45, 2.75) is 18.8 Å². The molecule has 0 spiro atoms. The van der Waals surface area contributed by atoms with Gasteiger partial charge in [0.15, 0.2) is 5.78 Å². The van der Waals surface area contributed by atoms with E-state index in [9.17, 15) is 14.4 Å². The second-order valence-electron chi connectivity index (χ2n) is 7.03. The summed E-state index contributed by atoms with van der Waals surface area (Å²) in [4.78, 5) is 40.6. The highest BCUT2D eigenvalue weighted by Crippen LogP contribution is 2.31. The molecule has 0 bridgehead atoms. The van der Waals surface area contributed by atoms with Gasteiger partial charge in [0.25, 0.3) is 11.5 Å². The van der Waals surface area contributed by atoms with Crippen LogP contribution in [0.25, 0.3) is 0 Å². The zero-order valence-corrected chi connectivity index (χ0v) is 15.9. The standard InChI is InChI=1S/C23H20N2O4/c1-29-17-9-7-16(8-10-17)24-22(27)19-13-18-20(25-23(19)28)11-15(12-21(18)26)14-5-3-2-4-6-14/h2-10,13,15H,11-12H2,1H3,(H,24,27)(H,25,28). The Balaban J connectivity index is 1.59. The molecule has 1 atom stereocenters. The van der Waals surface area contributed by atoms with Crippen LogP contribution in [-0.2, 0) is 6.42 Å². The Morgan fingerprint density at radius 2 is 1.76 bits per heavy atom. The molecule has 1 heterocycles. The Bertz CT molecular complexity index is 1120. The van der Waals surface area contributed by atoms with Crippen molar-refractivity contribution in [2.75, 3.05) is 12.4 Å². The van der Waals surface area contributed by atoms with Crippen LogP contribution >= 0.6 is 0 Å². The van der Waals surface area contributed by atoms with Gasteiger partial charge in [-0.15, -0.1) is 0 Å². The molecule has 2 N–H and O–H groups in total. The topological polar surface area (TPSA) is 88.3 Å². The number of H-pyrrole nitrogens is 1. The normalized spacial score (nSPS) is 15.5. The van der Waals surface area contributed by atoms with Gasteiger partial charge in [-0.05, 0) is 48.2 Å². The van der Waals surface area contributed by atoms with E-state index >= 15 is 0 Å². The summed E-state index contributed by atoms with van der Waals surface area (Å²) in [5.74, 6) is 0.0473. The molecule has 29 heavy (non-hydrogen) atoms. The van der Waals surface area contributed by atoms with Crippen LogP contribution in [0.15, 0.2) is 65.5 Å². The Kier molecular flexibility index (Phi) is 4.99. The zero-order chi connectivity index (χ0) is 20.4. The molecule has 1 aliphatic rings. The van der Waals surface area contributed by atoms with Crippen LogP contribution in [0.3, 0.4) is 0 Å². The molecule has 0 saturated heterocycles. The molecule has 0 aliphatic heterocycles. The molecule has 1 unspecified atom stereocenters. The number of carbonyl (C=O) groups excluding carboxylic acids is 2. The fourth-order valence-electron chi connectivity index (χ4n) is 3.63. The molecule has 0 radical (unpaired) electrons. The molecular formula is C23H20N2O4. The maximum absolute atomic E-state index is 12.7. The number of aromatic nitrogens is 1. The van der Waals surface area contributed by atoms with Crippen molar-refractivity contribution < 1.29 is 14.3 Å². The summed E-state index contributed by atoms with van der Waals surface area (Å²) < 4.78 is 5.09. The van der Waals surface area contributed by atoms with E-state index < -0.39 is 11.5 Å². The summed E-state index contributed by atoms with van der Waals surface area (Å²) in [7, 11) is 1.56. The van der Waals surface area contributed by atoms with Crippen LogP contribution in [0.4, 0.5) is 5.69 Å². The molecule has 4 rings (SSSR count). The first-order valence-corrected chi connectivity index (χ1v) is 9.35. The van der Waals surface area contributed by atoms with Gasteiger partial charge in [-0.1, -0.05) is 30.3 Å². The van der Waals surface area contributed by atoms with Gasteiger partial charge in [-0.3, -0.25) is 14.4 Å². The molecule has 0 fully saturated rings. The first kappa shape index (κ1) is 18.7. The van der Waals surface area contributed by atoms with E-state index in [4.69, 9.17) is 4.74 Å². The molecule has 6 nitrogen and oxygen atoms in total. The maximum atomic E-state index is 12.7. The number of aromatic amines is 1. The minimum Gasteiger partial charge on any atom is -0.497 e. The summed E-state index contributed by atoms with van der Waals surface area (Å²) in [5, 5.41) is 2.68. The second-order valence-corrected chi connectivity index (χ2v) is 7.03. The number of anilines is 1. The summed E-state index contributed by atoms with van der Waals surface area (Å²) >= 11 is 0. The molecule has 1 aliphatic carbocycles. The van der Waals surface area contributed by atoms with Crippen LogP contribution in [-0.4, -0.2) is 23.8 Å². The van der Waals surface area contributed by atoms with Crippen molar-refractivity contribution in [2.24, 2.45) is 0 Å². The highest BCUT2D eigenvalue weighted by Gasteiger charge is 2.28. The Hall–Kier alpha value is -3.67. The summed E-state index contributed by atoms with van der Waals surface area (Å²) in [6, 6.07) is 18.0. The SMILES string of the molecule is COc1ccc(NC(=O)c2cc3c([nH]c2=O)CC(c2ccccc2)CC3=O)cc1. The minimum atomic E-state index is -0.558. The van der Waals surface area contributed by atoms with Gasteiger partial charge in [-0.25, -0.2) is 0 Å². The molecule has 2 aromatic carbocycles. The van der Waals surface area contributed by atoms with Gasteiger partial charge in [-0.2, -0.15) is 0 Å². The van der Waals surface area contributed by atoms with Crippen LogP contribution in [0.5, 0.6) is 5.75 Å². The highest BCUT2D eigenvalue weighted by molar-refractivity contribution is 6.06. The van der Waals surface area contributed by atoms with Crippen molar-refractivity contribution in [1.82, 2.24) is 4.98 Å². The predicted molar refractivity (Wildman–Crippen MR) is 110 cm³/mol. The molecule has 1 aromatic heterocycles. The number of benzene rings is 2. The van der Waals surface area contributed by atoms with Gasteiger partial charge < -0.3 is 15.0 Å². The van der Waals surface area contributed by atoms with Crippen LogP contribution in [0.1, 0.15) is 44.3 Å². The van der Waals surface area contributed by atoms with Crippen molar-refractivity contribution in [3.63, 3.8) is 0 Å². The Morgan fingerprint density at radius 3 is 2.45 bits per heavy atom. The lowest BCUT2D eigenvalue weighted by atomic mass is 9.81. The number of ether oxygens (including phenoxy) is 1.